The van der Waals surface area contributed by atoms with Gasteiger partial charge in [0.1, 0.15) is 11.6 Å². The number of benzene rings is 1. The molecule has 1 aromatic carbocycles. The summed E-state index contributed by atoms with van der Waals surface area (Å²) in [7, 11) is 1.83. The Morgan fingerprint density at radius 2 is 2.04 bits per heavy atom. The number of pyridine rings is 1. The molecule has 0 fully saturated rings. The summed E-state index contributed by atoms with van der Waals surface area (Å²) in [4.78, 5) is 16.2. The summed E-state index contributed by atoms with van der Waals surface area (Å²) in [5.41, 5.74) is 2.40. The fraction of sp³-hybridized carbons (Fsp3) is 0.167. The Morgan fingerprint density at radius 3 is 2.76 bits per heavy atom. The van der Waals surface area contributed by atoms with Crippen molar-refractivity contribution in [3.05, 3.63) is 66.2 Å². The zero-order valence-electron chi connectivity index (χ0n) is 13.6. The lowest BCUT2D eigenvalue weighted by molar-refractivity contribution is -0.123. The lowest BCUT2D eigenvalue weighted by Crippen LogP contribution is -2.28. The number of aromatic nitrogens is 3. The lowest BCUT2D eigenvalue weighted by atomic mass is 10.2. The summed E-state index contributed by atoms with van der Waals surface area (Å²) in [5, 5.41) is 7.10. The summed E-state index contributed by atoms with van der Waals surface area (Å²) in [6.45, 7) is 0.137. The van der Waals surface area contributed by atoms with Gasteiger partial charge in [0, 0.05) is 13.2 Å². The smallest absolute Gasteiger partial charge is 0.258 e. The van der Waals surface area contributed by atoms with Gasteiger partial charge in [-0.25, -0.2) is 4.39 Å². The topological polar surface area (TPSA) is 69.0 Å². The molecule has 0 saturated heterocycles. The quantitative estimate of drug-likeness (QED) is 0.748. The van der Waals surface area contributed by atoms with Crippen LogP contribution in [-0.2, 0) is 18.4 Å². The van der Waals surface area contributed by atoms with Crippen LogP contribution in [0.1, 0.15) is 5.69 Å². The number of aryl methyl sites for hydroxylation is 1. The van der Waals surface area contributed by atoms with Crippen molar-refractivity contribution in [3.8, 4) is 17.1 Å². The van der Waals surface area contributed by atoms with Crippen molar-refractivity contribution in [3.63, 3.8) is 0 Å². The van der Waals surface area contributed by atoms with Crippen molar-refractivity contribution < 1.29 is 13.9 Å². The molecule has 3 rings (SSSR count). The highest BCUT2D eigenvalue weighted by atomic mass is 19.1. The van der Waals surface area contributed by atoms with Crippen molar-refractivity contribution >= 4 is 5.91 Å². The molecule has 0 aliphatic heterocycles. The van der Waals surface area contributed by atoms with Gasteiger partial charge in [-0.1, -0.05) is 6.07 Å². The van der Waals surface area contributed by atoms with Gasteiger partial charge < -0.3 is 10.1 Å². The maximum Gasteiger partial charge on any atom is 0.258 e. The minimum absolute atomic E-state index is 0.147. The van der Waals surface area contributed by atoms with E-state index in [0.29, 0.717) is 5.75 Å². The molecule has 1 amide bonds. The first-order valence-corrected chi connectivity index (χ1v) is 7.71. The van der Waals surface area contributed by atoms with Crippen molar-refractivity contribution in [1.29, 1.82) is 0 Å². The number of rotatable bonds is 6. The second kappa shape index (κ2) is 7.57. The predicted molar refractivity (Wildman–Crippen MR) is 90.2 cm³/mol. The van der Waals surface area contributed by atoms with Crippen molar-refractivity contribution in [2.24, 2.45) is 7.05 Å². The van der Waals surface area contributed by atoms with Crippen LogP contribution in [0.4, 0.5) is 4.39 Å². The molecule has 0 atom stereocenters. The van der Waals surface area contributed by atoms with Crippen LogP contribution in [0.2, 0.25) is 0 Å². The van der Waals surface area contributed by atoms with E-state index in [-0.39, 0.29) is 24.9 Å². The highest BCUT2D eigenvalue weighted by molar-refractivity contribution is 5.77. The number of hydrogen-bond donors (Lipinski definition) is 1. The highest BCUT2D eigenvalue weighted by Gasteiger charge is 2.10. The average Bonchev–Trinajstić information content (AvgIpc) is 3.01. The zero-order chi connectivity index (χ0) is 17.6. The molecule has 0 spiro atoms. The molecule has 128 valence electrons. The minimum Gasteiger partial charge on any atom is -0.484 e. The van der Waals surface area contributed by atoms with E-state index in [1.807, 2.05) is 31.3 Å². The molecule has 0 radical (unpaired) electrons. The van der Waals surface area contributed by atoms with Crippen LogP contribution in [0.25, 0.3) is 11.4 Å². The number of nitrogens with one attached hydrogen (secondary N) is 1. The monoisotopic (exact) mass is 340 g/mol. The van der Waals surface area contributed by atoms with Gasteiger partial charge in [-0.3, -0.25) is 14.5 Å². The maximum atomic E-state index is 12.8. The van der Waals surface area contributed by atoms with E-state index >= 15 is 0 Å². The summed E-state index contributed by atoms with van der Waals surface area (Å²) in [6.07, 6.45) is 1.72. The summed E-state index contributed by atoms with van der Waals surface area (Å²) in [5.74, 6) is -0.197. The van der Waals surface area contributed by atoms with Crippen molar-refractivity contribution in [2.75, 3.05) is 6.61 Å². The molecule has 0 bridgehead atoms. The standard InChI is InChI=1S/C18H17FN4O2/c1-23-17(16-4-2-3-9-20-16)10-14(22-23)11-21-18(24)12-25-15-7-5-13(19)6-8-15/h2-10H,11-12H2,1H3,(H,21,24). The number of halogens is 1. The summed E-state index contributed by atoms with van der Waals surface area (Å²) >= 11 is 0. The Hall–Kier alpha value is -3.22. The zero-order valence-corrected chi connectivity index (χ0v) is 13.6. The second-order valence-electron chi connectivity index (χ2n) is 5.38. The van der Waals surface area contributed by atoms with Gasteiger partial charge in [-0.05, 0) is 42.5 Å². The van der Waals surface area contributed by atoms with Gasteiger partial charge in [0.15, 0.2) is 6.61 Å². The van der Waals surface area contributed by atoms with Crippen LogP contribution < -0.4 is 10.1 Å². The van der Waals surface area contributed by atoms with E-state index in [2.05, 4.69) is 15.4 Å². The molecule has 0 unspecified atom stereocenters. The molecule has 7 heteroatoms. The molecule has 2 aromatic heterocycles. The Morgan fingerprint density at radius 1 is 1.24 bits per heavy atom. The fourth-order valence-electron chi connectivity index (χ4n) is 2.29. The third-order valence-electron chi connectivity index (χ3n) is 3.51. The van der Waals surface area contributed by atoms with Crippen LogP contribution >= 0.6 is 0 Å². The van der Waals surface area contributed by atoms with Crippen LogP contribution in [0, 0.1) is 5.82 Å². The van der Waals surface area contributed by atoms with Gasteiger partial charge in [0.25, 0.3) is 5.91 Å². The Balaban J connectivity index is 1.53. The van der Waals surface area contributed by atoms with Crippen LogP contribution in [-0.4, -0.2) is 27.3 Å². The lowest BCUT2D eigenvalue weighted by Gasteiger charge is -2.06. The molecule has 0 aliphatic rings. The maximum absolute atomic E-state index is 12.8. The molecule has 0 saturated carbocycles. The van der Waals surface area contributed by atoms with E-state index in [0.717, 1.165) is 17.1 Å². The Kier molecular flexibility index (Phi) is 5.03. The first-order chi connectivity index (χ1) is 12.1. The summed E-state index contributed by atoms with van der Waals surface area (Å²) in [6, 6.07) is 13.0. The number of carbonyl (C=O) groups excluding carboxylic acids is 1. The van der Waals surface area contributed by atoms with Crippen LogP contribution in [0.15, 0.2) is 54.7 Å². The van der Waals surface area contributed by atoms with E-state index in [1.165, 1.54) is 24.3 Å². The molecular formula is C18H17FN4O2. The number of amides is 1. The largest absolute Gasteiger partial charge is 0.484 e. The first-order valence-electron chi connectivity index (χ1n) is 7.71. The molecule has 1 N–H and O–H groups in total. The molecule has 25 heavy (non-hydrogen) atoms. The van der Waals surface area contributed by atoms with E-state index in [4.69, 9.17) is 4.74 Å². The number of nitrogens with zero attached hydrogens (tertiary/aromatic N) is 3. The number of hydrogen-bond acceptors (Lipinski definition) is 4. The van der Waals surface area contributed by atoms with Gasteiger partial charge in [0.05, 0.1) is 23.6 Å². The van der Waals surface area contributed by atoms with E-state index < -0.39 is 0 Å². The van der Waals surface area contributed by atoms with Gasteiger partial charge in [-0.15, -0.1) is 0 Å². The number of carbonyl (C=O) groups is 1. The SMILES string of the molecule is Cn1nc(CNC(=O)COc2ccc(F)cc2)cc1-c1ccccn1. The minimum atomic E-state index is -0.351. The molecule has 0 aliphatic carbocycles. The third-order valence-corrected chi connectivity index (χ3v) is 3.51. The second-order valence-corrected chi connectivity index (χ2v) is 5.38. The molecular weight excluding hydrogens is 323 g/mol. The number of ether oxygens (including phenoxy) is 1. The normalized spacial score (nSPS) is 10.5. The van der Waals surface area contributed by atoms with Crippen molar-refractivity contribution in [1.82, 2.24) is 20.1 Å². The van der Waals surface area contributed by atoms with E-state index in [9.17, 15) is 9.18 Å². The average molecular weight is 340 g/mol. The highest BCUT2D eigenvalue weighted by Crippen LogP contribution is 2.16. The van der Waals surface area contributed by atoms with Crippen molar-refractivity contribution in [2.45, 2.75) is 6.54 Å². The fourth-order valence-corrected chi connectivity index (χ4v) is 2.29. The molecule has 6 nitrogen and oxygen atoms in total. The Bertz CT molecular complexity index is 847. The van der Waals surface area contributed by atoms with Gasteiger partial charge in [0.2, 0.25) is 0 Å². The third kappa shape index (κ3) is 4.41. The molecule has 2 heterocycles. The predicted octanol–water partition coefficient (Wildman–Crippen LogP) is 2.32. The summed E-state index contributed by atoms with van der Waals surface area (Å²) < 4.78 is 19.8. The van der Waals surface area contributed by atoms with Gasteiger partial charge in [-0.2, -0.15) is 5.10 Å². The van der Waals surface area contributed by atoms with Crippen LogP contribution in [0.3, 0.4) is 0 Å². The Labute approximate surface area is 144 Å². The van der Waals surface area contributed by atoms with Crippen LogP contribution in [0.5, 0.6) is 5.75 Å². The van der Waals surface area contributed by atoms with E-state index in [1.54, 1.807) is 10.9 Å². The molecule has 3 aromatic rings. The first kappa shape index (κ1) is 16.6. The van der Waals surface area contributed by atoms with Gasteiger partial charge >= 0.3 is 0 Å².